The molecule has 0 N–H and O–H groups in total. The summed E-state index contributed by atoms with van der Waals surface area (Å²) >= 11 is 0. The summed E-state index contributed by atoms with van der Waals surface area (Å²) in [6.45, 7) is 6.30. The third kappa shape index (κ3) is 4.89. The number of hydrogen-bond donors (Lipinski definition) is 0. The molecule has 2 bridgehead atoms. The summed E-state index contributed by atoms with van der Waals surface area (Å²) in [5.41, 5.74) is 4.70. The second-order valence-corrected chi connectivity index (χ2v) is 14.8. The molecule has 1 unspecified atom stereocenters. The Morgan fingerprint density at radius 2 is 1.52 bits per heavy atom. The molecule has 3 aromatic carbocycles. The quantitative estimate of drug-likeness (QED) is 0.245. The van der Waals surface area contributed by atoms with Gasteiger partial charge in [0.05, 0.1) is 15.9 Å². The molecule has 42 heavy (non-hydrogen) atoms. The standard InChI is InChI=1S/C35H42N4O2S/c1-26-9-8-12-32(23-26)42(40,41)37-20-17-35(18-21-37,28-10-4-3-5-11-28)19-22-38-29-15-16-30(38)25-31(24-29)39-27(2)36-33-13-6-7-14-34(33)39/h3-14,23,29-31H,15-22,24-25H2,1-2H3/t29-,30+,31?. The Labute approximate surface area is 250 Å². The number of fused-ring (bicyclic) bond motifs is 3. The molecule has 3 aliphatic heterocycles. The van der Waals surface area contributed by atoms with Gasteiger partial charge in [-0.2, -0.15) is 4.31 Å². The molecule has 3 aliphatic rings. The molecule has 3 atom stereocenters. The van der Waals surface area contributed by atoms with Crippen molar-refractivity contribution in [3.63, 3.8) is 0 Å². The highest BCUT2D eigenvalue weighted by Gasteiger charge is 2.44. The number of sulfonamides is 1. The van der Waals surface area contributed by atoms with E-state index in [1.54, 1.807) is 16.4 Å². The summed E-state index contributed by atoms with van der Waals surface area (Å²) in [5.74, 6) is 1.13. The molecule has 6 nitrogen and oxygen atoms in total. The van der Waals surface area contributed by atoms with Crippen molar-refractivity contribution < 1.29 is 8.42 Å². The number of nitrogens with zero attached hydrogens (tertiary/aromatic N) is 4. The van der Waals surface area contributed by atoms with Gasteiger partial charge in [0.2, 0.25) is 10.0 Å². The SMILES string of the molecule is Cc1cccc(S(=O)(=O)N2CCC(CCN3[C@@H]4CC[C@H]3CC(n3c(C)nc5ccccc53)C4)(c3ccccc3)CC2)c1. The van der Waals surface area contributed by atoms with E-state index in [0.717, 1.165) is 42.7 Å². The molecule has 0 saturated carbocycles. The van der Waals surface area contributed by atoms with E-state index in [-0.39, 0.29) is 5.41 Å². The highest BCUT2D eigenvalue weighted by atomic mass is 32.2. The van der Waals surface area contributed by atoms with Gasteiger partial charge in [-0.15, -0.1) is 0 Å². The van der Waals surface area contributed by atoms with Gasteiger partial charge in [-0.25, -0.2) is 13.4 Å². The molecule has 220 valence electrons. The lowest BCUT2D eigenvalue weighted by atomic mass is 9.70. The van der Waals surface area contributed by atoms with Crippen molar-refractivity contribution in [1.29, 1.82) is 0 Å². The van der Waals surface area contributed by atoms with E-state index in [1.165, 1.54) is 36.8 Å². The first kappa shape index (κ1) is 27.8. The van der Waals surface area contributed by atoms with Crippen molar-refractivity contribution in [2.45, 2.75) is 87.2 Å². The van der Waals surface area contributed by atoms with Gasteiger partial charge in [0.25, 0.3) is 0 Å². The number of rotatable bonds is 7. The van der Waals surface area contributed by atoms with Crippen molar-refractivity contribution in [2.75, 3.05) is 19.6 Å². The van der Waals surface area contributed by atoms with Crippen LogP contribution in [0.4, 0.5) is 0 Å². The Bertz CT molecular complexity index is 1660. The molecule has 0 spiro atoms. The molecule has 7 heteroatoms. The van der Waals surface area contributed by atoms with Crippen LogP contribution in [0.2, 0.25) is 0 Å². The molecule has 0 radical (unpaired) electrons. The summed E-state index contributed by atoms with van der Waals surface area (Å²) in [7, 11) is -3.49. The average Bonchev–Trinajstić information content (AvgIpc) is 3.47. The third-order valence-electron chi connectivity index (χ3n) is 10.5. The van der Waals surface area contributed by atoms with E-state index in [0.29, 0.717) is 36.1 Å². The van der Waals surface area contributed by atoms with E-state index < -0.39 is 10.0 Å². The zero-order valence-corrected chi connectivity index (χ0v) is 25.6. The number of piperidine rings is 2. The van der Waals surface area contributed by atoms with Crippen LogP contribution in [0.3, 0.4) is 0 Å². The van der Waals surface area contributed by atoms with Crippen molar-refractivity contribution >= 4 is 21.1 Å². The van der Waals surface area contributed by atoms with Crippen LogP contribution in [-0.2, 0) is 15.4 Å². The molecule has 4 heterocycles. The molecular weight excluding hydrogens is 540 g/mol. The van der Waals surface area contributed by atoms with Crippen molar-refractivity contribution in [3.05, 3.63) is 95.8 Å². The number of hydrogen-bond acceptors (Lipinski definition) is 4. The second-order valence-electron chi connectivity index (χ2n) is 12.9. The minimum Gasteiger partial charge on any atom is -0.325 e. The molecule has 3 fully saturated rings. The zero-order chi connectivity index (χ0) is 28.9. The van der Waals surface area contributed by atoms with E-state index in [4.69, 9.17) is 4.98 Å². The van der Waals surface area contributed by atoms with Gasteiger partial charge >= 0.3 is 0 Å². The van der Waals surface area contributed by atoms with Gasteiger partial charge in [-0.1, -0.05) is 54.6 Å². The van der Waals surface area contributed by atoms with Crippen molar-refractivity contribution in [3.8, 4) is 0 Å². The molecule has 1 aromatic heterocycles. The molecular formula is C35H42N4O2S. The number of imidazole rings is 1. The normalized spacial score (nSPS) is 24.8. The number of aryl methyl sites for hydroxylation is 2. The van der Waals surface area contributed by atoms with Gasteiger partial charge < -0.3 is 4.57 Å². The predicted molar refractivity (Wildman–Crippen MR) is 168 cm³/mol. The second kappa shape index (κ2) is 10.9. The zero-order valence-electron chi connectivity index (χ0n) is 24.8. The lowest BCUT2D eigenvalue weighted by Gasteiger charge is -2.45. The summed E-state index contributed by atoms with van der Waals surface area (Å²) in [6, 6.07) is 28.5. The van der Waals surface area contributed by atoms with Crippen LogP contribution in [-0.4, -0.2) is 58.9 Å². The molecule has 7 rings (SSSR count). The monoisotopic (exact) mass is 582 g/mol. The van der Waals surface area contributed by atoms with Crippen LogP contribution >= 0.6 is 0 Å². The lowest BCUT2D eigenvalue weighted by molar-refractivity contribution is 0.0895. The topological polar surface area (TPSA) is 58.4 Å². The maximum Gasteiger partial charge on any atom is 0.243 e. The first-order valence-corrected chi connectivity index (χ1v) is 17.1. The Kier molecular flexibility index (Phi) is 7.24. The fraction of sp³-hybridized carbons (Fsp3) is 0.457. The molecule has 0 aliphatic carbocycles. The van der Waals surface area contributed by atoms with E-state index in [2.05, 4.69) is 71.0 Å². The lowest BCUT2D eigenvalue weighted by Crippen LogP contribution is -2.49. The maximum atomic E-state index is 13.5. The molecule has 3 saturated heterocycles. The highest BCUT2D eigenvalue weighted by molar-refractivity contribution is 7.89. The van der Waals surface area contributed by atoms with Gasteiger partial charge in [-0.3, -0.25) is 4.90 Å². The van der Waals surface area contributed by atoms with Crippen LogP contribution < -0.4 is 0 Å². The number of benzene rings is 3. The minimum atomic E-state index is -3.49. The van der Waals surface area contributed by atoms with Gasteiger partial charge in [0.15, 0.2) is 0 Å². The third-order valence-corrected chi connectivity index (χ3v) is 12.4. The summed E-state index contributed by atoms with van der Waals surface area (Å²) in [4.78, 5) is 8.09. The van der Waals surface area contributed by atoms with E-state index in [9.17, 15) is 8.42 Å². The van der Waals surface area contributed by atoms with Gasteiger partial charge in [0, 0.05) is 31.2 Å². The number of aromatic nitrogens is 2. The van der Waals surface area contributed by atoms with E-state index in [1.807, 2.05) is 19.1 Å². The van der Waals surface area contributed by atoms with Gasteiger partial charge in [0.1, 0.15) is 5.82 Å². The van der Waals surface area contributed by atoms with Crippen LogP contribution in [0.5, 0.6) is 0 Å². The number of para-hydroxylation sites is 2. The molecule has 0 amide bonds. The summed E-state index contributed by atoms with van der Waals surface area (Å²) < 4.78 is 31.3. The first-order chi connectivity index (χ1) is 20.3. The van der Waals surface area contributed by atoms with Crippen LogP contribution in [0, 0.1) is 13.8 Å². The Hall–Kier alpha value is -3.00. The minimum absolute atomic E-state index is 0.00664. The first-order valence-electron chi connectivity index (χ1n) is 15.7. The average molecular weight is 583 g/mol. The predicted octanol–water partition coefficient (Wildman–Crippen LogP) is 6.63. The largest absolute Gasteiger partial charge is 0.325 e. The Morgan fingerprint density at radius 3 is 2.24 bits per heavy atom. The molecule has 4 aromatic rings. The van der Waals surface area contributed by atoms with Crippen LogP contribution in [0.1, 0.15) is 67.9 Å². The van der Waals surface area contributed by atoms with Gasteiger partial charge in [-0.05, 0) is 106 Å². The van der Waals surface area contributed by atoms with E-state index >= 15 is 0 Å². The fourth-order valence-electron chi connectivity index (χ4n) is 8.34. The Morgan fingerprint density at radius 1 is 0.833 bits per heavy atom. The smallest absolute Gasteiger partial charge is 0.243 e. The van der Waals surface area contributed by atoms with Crippen molar-refractivity contribution in [2.24, 2.45) is 0 Å². The Balaban J connectivity index is 1.08. The summed E-state index contributed by atoms with van der Waals surface area (Å²) in [5, 5.41) is 0. The van der Waals surface area contributed by atoms with Crippen LogP contribution in [0.25, 0.3) is 11.0 Å². The van der Waals surface area contributed by atoms with Crippen LogP contribution in [0.15, 0.2) is 83.8 Å². The maximum absolute atomic E-state index is 13.5. The fourth-order valence-corrected chi connectivity index (χ4v) is 9.89. The van der Waals surface area contributed by atoms with Crippen molar-refractivity contribution in [1.82, 2.24) is 18.8 Å². The summed E-state index contributed by atoms with van der Waals surface area (Å²) in [6.07, 6.45) is 7.68. The highest BCUT2D eigenvalue weighted by Crippen LogP contribution is 2.45.